The molecule has 0 aliphatic carbocycles. The van der Waals surface area contributed by atoms with Crippen molar-refractivity contribution in [1.82, 2.24) is 10.3 Å². The van der Waals surface area contributed by atoms with Gasteiger partial charge in [-0.2, -0.15) is 0 Å². The van der Waals surface area contributed by atoms with Crippen LogP contribution in [0.1, 0.15) is 0 Å². The molecule has 2 amide bonds. The normalized spacial score (nSPS) is 21.9. The lowest BCUT2D eigenvalue weighted by Gasteiger charge is -2.25. The van der Waals surface area contributed by atoms with E-state index in [0.717, 1.165) is 0 Å². The third-order valence-corrected chi connectivity index (χ3v) is 3.36. The molecule has 0 unspecified atom stereocenters. The van der Waals surface area contributed by atoms with Crippen LogP contribution in [0.15, 0.2) is 0 Å². The minimum Gasteiger partial charge on any atom is -0.322 e. The van der Waals surface area contributed by atoms with Crippen molar-refractivity contribution in [2.45, 2.75) is 0 Å². The number of hydrogen-bond acceptors (Lipinski definition) is 4. The molecule has 3 N–H and O–H groups in total. The Hall–Kier alpha value is -0.820. The van der Waals surface area contributed by atoms with Crippen molar-refractivity contribution in [3.05, 3.63) is 0 Å². The van der Waals surface area contributed by atoms with Crippen LogP contribution in [0.25, 0.3) is 0 Å². The number of nitrogens with two attached hydrogens (primary N) is 1. The van der Waals surface area contributed by atoms with Gasteiger partial charge in [-0.05, 0) is 0 Å². The van der Waals surface area contributed by atoms with Crippen LogP contribution < -0.4 is 11.3 Å². The Balaban J connectivity index is 2.52. The monoisotopic (exact) mass is 193 g/mol. The lowest BCUT2D eigenvalue weighted by molar-refractivity contribution is 0.202. The van der Waals surface area contributed by atoms with Gasteiger partial charge in [-0.1, -0.05) is 0 Å². The van der Waals surface area contributed by atoms with Gasteiger partial charge in [0.15, 0.2) is 9.84 Å². The van der Waals surface area contributed by atoms with E-state index in [1.807, 2.05) is 5.43 Å². The first kappa shape index (κ1) is 9.27. The molecular weight excluding hydrogens is 182 g/mol. The summed E-state index contributed by atoms with van der Waals surface area (Å²) in [5.74, 6) is 4.94. The van der Waals surface area contributed by atoms with Crippen LogP contribution in [0.2, 0.25) is 0 Å². The van der Waals surface area contributed by atoms with E-state index in [0.29, 0.717) is 0 Å². The zero-order chi connectivity index (χ0) is 9.19. The van der Waals surface area contributed by atoms with Crippen LogP contribution in [0, 0.1) is 0 Å². The van der Waals surface area contributed by atoms with Crippen molar-refractivity contribution >= 4 is 15.9 Å². The van der Waals surface area contributed by atoms with E-state index in [4.69, 9.17) is 5.84 Å². The molecule has 1 fully saturated rings. The van der Waals surface area contributed by atoms with E-state index in [-0.39, 0.29) is 24.6 Å². The molecule has 0 spiro atoms. The number of rotatable bonds is 0. The number of sulfone groups is 1. The number of carbonyl (C=O) groups excluding carboxylic acids is 1. The maximum Gasteiger partial charge on any atom is 0.331 e. The number of carbonyl (C=O) groups is 1. The number of nitrogens with zero attached hydrogens (tertiary/aromatic N) is 1. The van der Waals surface area contributed by atoms with Gasteiger partial charge in [0, 0.05) is 13.1 Å². The molecule has 0 aromatic heterocycles. The number of hydrazine groups is 1. The minimum atomic E-state index is -2.92. The second kappa shape index (κ2) is 3.28. The standard InChI is InChI=1S/C5H11N3O3S/c6-7-5(9)8-1-3-12(10,11)4-2-8/h1-4,6H2,(H,7,9). The van der Waals surface area contributed by atoms with Crippen LogP contribution in [0.4, 0.5) is 4.79 Å². The Morgan fingerprint density at radius 1 is 1.33 bits per heavy atom. The third-order valence-electron chi connectivity index (χ3n) is 1.76. The predicted molar refractivity (Wildman–Crippen MR) is 42.9 cm³/mol. The quantitative estimate of drug-likeness (QED) is 0.272. The summed E-state index contributed by atoms with van der Waals surface area (Å²) in [6.07, 6.45) is 0. The van der Waals surface area contributed by atoms with Crippen LogP contribution >= 0.6 is 0 Å². The predicted octanol–water partition coefficient (Wildman–Crippen LogP) is -1.70. The molecule has 7 heteroatoms. The summed E-state index contributed by atoms with van der Waals surface area (Å²) in [7, 11) is -2.92. The second-order valence-corrected chi connectivity index (χ2v) is 4.89. The van der Waals surface area contributed by atoms with Gasteiger partial charge in [-0.15, -0.1) is 0 Å². The first-order valence-electron chi connectivity index (χ1n) is 3.51. The van der Waals surface area contributed by atoms with E-state index in [1.54, 1.807) is 0 Å². The molecule has 0 bridgehead atoms. The third kappa shape index (κ3) is 2.08. The summed E-state index contributed by atoms with van der Waals surface area (Å²) >= 11 is 0. The molecule has 1 aliphatic heterocycles. The zero-order valence-corrected chi connectivity index (χ0v) is 7.30. The average molecular weight is 193 g/mol. The fourth-order valence-corrected chi connectivity index (χ4v) is 2.21. The van der Waals surface area contributed by atoms with Crippen LogP contribution in [-0.2, 0) is 9.84 Å². The van der Waals surface area contributed by atoms with E-state index >= 15 is 0 Å². The number of nitrogens with one attached hydrogen (secondary N) is 1. The van der Waals surface area contributed by atoms with Crippen molar-refractivity contribution in [2.75, 3.05) is 24.6 Å². The van der Waals surface area contributed by atoms with E-state index in [2.05, 4.69) is 0 Å². The van der Waals surface area contributed by atoms with Gasteiger partial charge in [-0.25, -0.2) is 19.1 Å². The largest absolute Gasteiger partial charge is 0.331 e. The second-order valence-electron chi connectivity index (χ2n) is 2.59. The summed E-state index contributed by atoms with van der Waals surface area (Å²) < 4.78 is 21.8. The SMILES string of the molecule is NNC(=O)N1CCS(=O)(=O)CC1. The molecule has 1 saturated heterocycles. The van der Waals surface area contributed by atoms with Crippen molar-refractivity contribution in [3.8, 4) is 0 Å². The van der Waals surface area contributed by atoms with Gasteiger partial charge >= 0.3 is 6.03 Å². The molecular formula is C5H11N3O3S. The highest BCUT2D eigenvalue weighted by molar-refractivity contribution is 7.91. The van der Waals surface area contributed by atoms with E-state index in [1.165, 1.54) is 4.90 Å². The molecule has 0 atom stereocenters. The van der Waals surface area contributed by atoms with Crippen molar-refractivity contribution in [2.24, 2.45) is 5.84 Å². The molecule has 6 nitrogen and oxygen atoms in total. The molecule has 12 heavy (non-hydrogen) atoms. The van der Waals surface area contributed by atoms with Crippen molar-refractivity contribution in [1.29, 1.82) is 0 Å². The maximum absolute atomic E-state index is 10.9. The number of hydrogen-bond donors (Lipinski definition) is 2. The summed E-state index contributed by atoms with van der Waals surface area (Å²) in [4.78, 5) is 12.2. The van der Waals surface area contributed by atoms with Crippen molar-refractivity contribution in [3.63, 3.8) is 0 Å². The Morgan fingerprint density at radius 2 is 1.83 bits per heavy atom. The molecule has 1 rings (SSSR count). The van der Waals surface area contributed by atoms with E-state index < -0.39 is 15.9 Å². The van der Waals surface area contributed by atoms with Gasteiger partial charge in [0.25, 0.3) is 0 Å². The Labute approximate surface area is 70.6 Å². The Bertz CT molecular complexity index is 260. The Kier molecular flexibility index (Phi) is 2.53. The molecule has 0 aromatic rings. The van der Waals surface area contributed by atoms with E-state index in [9.17, 15) is 13.2 Å². The fourth-order valence-electron chi connectivity index (χ4n) is 1.01. The molecule has 0 saturated carbocycles. The maximum atomic E-state index is 10.9. The van der Waals surface area contributed by atoms with Gasteiger partial charge in [0.1, 0.15) is 0 Å². The van der Waals surface area contributed by atoms with Gasteiger partial charge < -0.3 is 4.90 Å². The zero-order valence-electron chi connectivity index (χ0n) is 6.49. The molecule has 70 valence electrons. The highest BCUT2D eigenvalue weighted by Gasteiger charge is 2.24. The Morgan fingerprint density at radius 3 is 2.25 bits per heavy atom. The molecule has 1 heterocycles. The highest BCUT2D eigenvalue weighted by Crippen LogP contribution is 2.02. The number of amides is 2. The van der Waals surface area contributed by atoms with Gasteiger partial charge in [0.05, 0.1) is 11.5 Å². The summed E-state index contributed by atoms with van der Waals surface area (Å²) in [5, 5.41) is 0. The van der Waals surface area contributed by atoms with Gasteiger partial charge in [-0.3, -0.25) is 5.43 Å². The molecule has 0 radical (unpaired) electrons. The first-order valence-corrected chi connectivity index (χ1v) is 5.33. The highest BCUT2D eigenvalue weighted by atomic mass is 32.2. The van der Waals surface area contributed by atoms with Crippen molar-refractivity contribution < 1.29 is 13.2 Å². The van der Waals surface area contributed by atoms with Crippen LogP contribution in [0.3, 0.4) is 0 Å². The average Bonchev–Trinajstić information content (AvgIpc) is 2.03. The lowest BCUT2D eigenvalue weighted by Crippen LogP contribution is -2.50. The van der Waals surface area contributed by atoms with Gasteiger partial charge in [0.2, 0.25) is 0 Å². The topological polar surface area (TPSA) is 92.5 Å². The fraction of sp³-hybridized carbons (Fsp3) is 0.800. The molecule has 0 aromatic carbocycles. The minimum absolute atomic E-state index is 0.0282. The summed E-state index contributed by atoms with van der Waals surface area (Å²) in [6, 6.07) is -0.426. The van der Waals surface area contributed by atoms with Crippen LogP contribution in [-0.4, -0.2) is 43.9 Å². The number of urea groups is 1. The lowest BCUT2D eigenvalue weighted by atomic mass is 10.5. The first-order chi connectivity index (χ1) is 5.55. The molecule has 1 aliphatic rings. The van der Waals surface area contributed by atoms with Crippen LogP contribution in [0.5, 0.6) is 0 Å². The summed E-state index contributed by atoms with van der Waals surface area (Å²) in [5.41, 5.74) is 1.95. The summed E-state index contributed by atoms with van der Waals surface area (Å²) in [6.45, 7) is 0.455. The smallest absolute Gasteiger partial charge is 0.322 e.